The zero-order valence-electron chi connectivity index (χ0n) is 11.4. The van der Waals surface area contributed by atoms with Crippen molar-refractivity contribution >= 4 is 16.0 Å². The van der Waals surface area contributed by atoms with Crippen LogP contribution in [0.5, 0.6) is 0 Å². The predicted octanol–water partition coefficient (Wildman–Crippen LogP) is 0.115. The third-order valence-electron chi connectivity index (χ3n) is 3.71. The van der Waals surface area contributed by atoms with Crippen molar-refractivity contribution in [1.29, 1.82) is 0 Å². The highest BCUT2D eigenvalue weighted by Gasteiger charge is 2.35. The molecule has 2 heterocycles. The molecule has 0 amide bonds. The van der Waals surface area contributed by atoms with E-state index in [1.165, 1.54) is 22.1 Å². The molecule has 1 fully saturated rings. The van der Waals surface area contributed by atoms with Crippen LogP contribution in [0.3, 0.4) is 0 Å². The number of carboxylic acids is 1. The maximum atomic E-state index is 12.4. The van der Waals surface area contributed by atoms with Gasteiger partial charge in [-0.1, -0.05) is 0 Å². The molecule has 7 nitrogen and oxygen atoms in total. The summed E-state index contributed by atoms with van der Waals surface area (Å²) in [6, 6.07) is 1.16. The fourth-order valence-electron chi connectivity index (χ4n) is 2.40. The van der Waals surface area contributed by atoms with E-state index in [-0.39, 0.29) is 23.1 Å². The van der Waals surface area contributed by atoms with Crippen molar-refractivity contribution in [2.45, 2.75) is 24.3 Å². The minimum atomic E-state index is -3.70. The molecule has 1 aliphatic rings. The number of aryl methyl sites for hydroxylation is 1. The van der Waals surface area contributed by atoms with E-state index in [0.717, 1.165) is 6.07 Å². The molecule has 0 spiro atoms. The summed E-state index contributed by atoms with van der Waals surface area (Å²) in [6.07, 6.45) is 1.35. The second-order valence-electron chi connectivity index (χ2n) is 5.13. The van der Waals surface area contributed by atoms with Crippen molar-refractivity contribution in [3.63, 3.8) is 0 Å². The number of rotatable bonds is 4. The second-order valence-corrected chi connectivity index (χ2v) is 7.07. The number of carbonyl (C=O) groups is 1. The van der Waals surface area contributed by atoms with Crippen molar-refractivity contribution in [3.05, 3.63) is 18.0 Å². The van der Waals surface area contributed by atoms with Crippen LogP contribution in [-0.2, 0) is 17.1 Å². The van der Waals surface area contributed by atoms with Gasteiger partial charge in [-0.3, -0.25) is 0 Å². The largest absolute Gasteiger partial charge is 0.477 e. The molecule has 1 aromatic rings. The smallest absolute Gasteiger partial charge is 0.352 e. The molecule has 0 bridgehead atoms. The predicted molar refractivity (Wildman–Crippen MR) is 70.9 cm³/mol. The Balaban J connectivity index is 2.28. The number of hydrogen-bond acceptors (Lipinski definition) is 4. The van der Waals surface area contributed by atoms with Gasteiger partial charge in [-0.05, 0) is 25.3 Å². The first-order valence-corrected chi connectivity index (χ1v) is 7.75. The first-order valence-electron chi connectivity index (χ1n) is 6.31. The lowest BCUT2D eigenvalue weighted by molar-refractivity contribution is 0.0686. The molecule has 1 aromatic heterocycles. The molecule has 0 saturated carbocycles. The molecule has 0 radical (unpaired) electrons. The Labute approximate surface area is 117 Å². The Morgan fingerprint density at radius 3 is 2.60 bits per heavy atom. The third kappa shape index (κ3) is 2.58. The number of aliphatic hydroxyl groups excluding tert-OH is 1. The van der Waals surface area contributed by atoms with Crippen LogP contribution in [0.2, 0.25) is 0 Å². The quantitative estimate of drug-likeness (QED) is 0.822. The Kier molecular flexibility index (Phi) is 3.90. The van der Waals surface area contributed by atoms with E-state index >= 15 is 0 Å². The van der Waals surface area contributed by atoms with Gasteiger partial charge in [-0.2, -0.15) is 4.31 Å². The normalized spacial score (nSPS) is 22.1. The lowest BCUT2D eigenvalue weighted by Gasteiger charge is -2.16. The Hall–Kier alpha value is -1.38. The highest BCUT2D eigenvalue weighted by Crippen LogP contribution is 2.27. The van der Waals surface area contributed by atoms with Crippen molar-refractivity contribution in [2.75, 3.05) is 13.1 Å². The summed E-state index contributed by atoms with van der Waals surface area (Å²) in [5.74, 6) is -1.25. The highest BCUT2D eigenvalue weighted by atomic mass is 32.2. The number of nitrogens with zero attached hydrogens (tertiary/aromatic N) is 2. The molecule has 2 rings (SSSR count). The van der Waals surface area contributed by atoms with Gasteiger partial charge in [0.1, 0.15) is 10.6 Å². The van der Waals surface area contributed by atoms with E-state index in [1.807, 2.05) is 0 Å². The number of sulfonamides is 1. The number of aromatic nitrogens is 1. The van der Waals surface area contributed by atoms with Crippen molar-refractivity contribution in [3.8, 4) is 0 Å². The van der Waals surface area contributed by atoms with E-state index in [2.05, 4.69) is 0 Å². The van der Waals surface area contributed by atoms with Crippen LogP contribution in [-0.4, -0.2) is 52.7 Å². The standard InChI is InChI=1S/C12H18N2O5S/c1-8(15)9-3-4-14(6-9)20(18,19)10-5-11(12(16)17)13(2)7-10/h5,7-9,15H,3-4,6H2,1-2H3,(H,16,17). The van der Waals surface area contributed by atoms with E-state index in [1.54, 1.807) is 6.92 Å². The minimum Gasteiger partial charge on any atom is -0.477 e. The van der Waals surface area contributed by atoms with Crippen molar-refractivity contribution in [2.24, 2.45) is 13.0 Å². The summed E-state index contributed by atoms with van der Waals surface area (Å²) in [4.78, 5) is 10.9. The zero-order chi connectivity index (χ0) is 15.1. The topological polar surface area (TPSA) is 99.8 Å². The van der Waals surface area contributed by atoms with E-state index in [4.69, 9.17) is 5.11 Å². The fourth-order valence-corrected chi connectivity index (χ4v) is 3.99. The number of aromatic carboxylic acids is 1. The highest BCUT2D eigenvalue weighted by molar-refractivity contribution is 7.89. The number of aliphatic hydroxyl groups is 1. The van der Waals surface area contributed by atoms with Crippen molar-refractivity contribution in [1.82, 2.24) is 8.87 Å². The van der Waals surface area contributed by atoms with Gasteiger partial charge in [0.05, 0.1) is 6.10 Å². The third-order valence-corrected chi connectivity index (χ3v) is 5.54. The first-order chi connectivity index (χ1) is 9.23. The number of hydrogen-bond donors (Lipinski definition) is 2. The Morgan fingerprint density at radius 1 is 1.50 bits per heavy atom. The van der Waals surface area contributed by atoms with E-state index in [9.17, 15) is 18.3 Å². The van der Waals surface area contributed by atoms with Crippen LogP contribution in [0.25, 0.3) is 0 Å². The van der Waals surface area contributed by atoms with Gasteiger partial charge in [0.25, 0.3) is 0 Å². The van der Waals surface area contributed by atoms with Gasteiger partial charge in [-0.25, -0.2) is 13.2 Å². The molecule has 2 unspecified atom stereocenters. The average molecular weight is 302 g/mol. The van der Waals surface area contributed by atoms with Crippen molar-refractivity contribution < 1.29 is 23.4 Å². The monoisotopic (exact) mass is 302 g/mol. The summed E-state index contributed by atoms with van der Waals surface area (Å²) in [7, 11) is -2.21. The SMILES string of the molecule is CC(O)C1CCN(S(=O)(=O)c2cc(C(=O)O)n(C)c2)C1. The molecule has 0 aromatic carbocycles. The second kappa shape index (κ2) is 5.19. The van der Waals surface area contributed by atoms with Crippen LogP contribution in [0.15, 0.2) is 17.2 Å². The van der Waals surface area contributed by atoms with Gasteiger partial charge in [-0.15, -0.1) is 0 Å². The lowest BCUT2D eigenvalue weighted by Crippen LogP contribution is -2.30. The van der Waals surface area contributed by atoms with Crippen LogP contribution < -0.4 is 0 Å². The Morgan fingerprint density at radius 2 is 2.15 bits per heavy atom. The molecular formula is C12H18N2O5S. The molecule has 8 heteroatoms. The first kappa shape index (κ1) is 15.0. The molecule has 1 saturated heterocycles. The molecule has 1 aliphatic heterocycles. The fraction of sp³-hybridized carbons (Fsp3) is 0.583. The summed E-state index contributed by atoms with van der Waals surface area (Å²) >= 11 is 0. The van der Waals surface area contributed by atoms with Gasteiger partial charge in [0.15, 0.2) is 0 Å². The van der Waals surface area contributed by atoms with E-state index in [0.29, 0.717) is 13.0 Å². The summed E-state index contributed by atoms with van der Waals surface area (Å²) < 4.78 is 27.4. The van der Waals surface area contributed by atoms with Crippen LogP contribution in [0.4, 0.5) is 0 Å². The van der Waals surface area contributed by atoms with Gasteiger partial charge in [0.2, 0.25) is 10.0 Å². The summed E-state index contributed by atoms with van der Waals surface area (Å²) in [5.41, 5.74) is -0.0742. The molecule has 0 aliphatic carbocycles. The van der Waals surface area contributed by atoms with E-state index < -0.39 is 22.1 Å². The number of carboxylic acid groups (broad SMARTS) is 1. The van der Waals surface area contributed by atoms with Gasteiger partial charge >= 0.3 is 5.97 Å². The maximum absolute atomic E-state index is 12.4. The maximum Gasteiger partial charge on any atom is 0.352 e. The molecular weight excluding hydrogens is 284 g/mol. The van der Waals surface area contributed by atoms with Gasteiger partial charge < -0.3 is 14.8 Å². The lowest BCUT2D eigenvalue weighted by atomic mass is 10.0. The molecule has 112 valence electrons. The molecule has 2 N–H and O–H groups in total. The summed E-state index contributed by atoms with van der Waals surface area (Å²) in [6.45, 7) is 2.25. The zero-order valence-corrected chi connectivity index (χ0v) is 12.2. The molecule has 20 heavy (non-hydrogen) atoms. The van der Waals surface area contributed by atoms with Crippen LogP contribution in [0.1, 0.15) is 23.8 Å². The molecule has 2 atom stereocenters. The minimum absolute atomic E-state index is 0.0244. The average Bonchev–Trinajstić information content (AvgIpc) is 2.94. The van der Waals surface area contributed by atoms with Gasteiger partial charge in [0, 0.05) is 26.3 Å². The summed E-state index contributed by atoms with van der Waals surface area (Å²) in [5, 5.41) is 18.5. The Bertz CT molecular complexity index is 620. The van der Waals surface area contributed by atoms with Crippen LogP contribution in [0, 0.1) is 5.92 Å². The van der Waals surface area contributed by atoms with Crippen LogP contribution >= 0.6 is 0 Å².